The molecule has 0 radical (unpaired) electrons. The van der Waals surface area contributed by atoms with E-state index in [1.165, 1.54) is 4.90 Å². The van der Waals surface area contributed by atoms with Crippen LogP contribution in [0.5, 0.6) is 11.5 Å². The molecular formula is C31H33N5O5. The Hall–Kier alpha value is -4.41. The molecule has 10 heteroatoms. The number of nitrogens with one attached hydrogen (secondary N) is 1. The van der Waals surface area contributed by atoms with Crippen LogP contribution in [0, 0.1) is 5.92 Å². The van der Waals surface area contributed by atoms with Gasteiger partial charge in [-0.15, -0.1) is 0 Å². The van der Waals surface area contributed by atoms with Crippen LogP contribution in [0.15, 0.2) is 84.9 Å². The summed E-state index contributed by atoms with van der Waals surface area (Å²) in [6, 6.07) is 25.6. The number of carbonyl (C=O) groups excluding carboxylic acids is 3. The molecule has 3 aliphatic heterocycles. The fourth-order valence-electron chi connectivity index (χ4n) is 5.81. The lowest BCUT2D eigenvalue weighted by atomic mass is 10.0. The smallest absolute Gasteiger partial charge is 0.328 e. The Labute approximate surface area is 239 Å². The molecule has 3 aliphatic rings. The molecule has 3 heterocycles. The van der Waals surface area contributed by atoms with Crippen LogP contribution >= 0.6 is 0 Å². The number of hydrogen-bond donors (Lipinski definition) is 1. The van der Waals surface area contributed by atoms with Crippen molar-refractivity contribution in [3.63, 3.8) is 0 Å². The van der Waals surface area contributed by atoms with Crippen molar-refractivity contribution in [2.45, 2.75) is 32.0 Å². The minimum Gasteiger partial charge on any atom is -0.459 e. The molecule has 3 fully saturated rings. The van der Waals surface area contributed by atoms with Gasteiger partial charge in [0.1, 0.15) is 43.1 Å². The zero-order valence-electron chi connectivity index (χ0n) is 23.1. The van der Waals surface area contributed by atoms with Gasteiger partial charge in [-0.25, -0.2) is 4.79 Å². The molecule has 0 aromatic heterocycles. The molecule has 3 saturated heterocycles. The second-order valence-corrected chi connectivity index (χ2v) is 10.8. The lowest BCUT2D eigenvalue weighted by Crippen LogP contribution is -2.67. The number of urea groups is 1. The fourth-order valence-corrected chi connectivity index (χ4v) is 5.81. The number of benzene rings is 3. The van der Waals surface area contributed by atoms with E-state index in [0.717, 1.165) is 34.2 Å². The van der Waals surface area contributed by atoms with Gasteiger partial charge in [-0.3, -0.25) is 24.7 Å². The number of likely N-dealkylation sites (N-methyl/N-ethyl adjacent to an activating group) is 1. The molecule has 4 atom stereocenters. The van der Waals surface area contributed by atoms with E-state index >= 15 is 0 Å². The quantitative estimate of drug-likeness (QED) is 0.443. The summed E-state index contributed by atoms with van der Waals surface area (Å²) in [7, 11) is 1.66. The van der Waals surface area contributed by atoms with Crippen molar-refractivity contribution >= 4 is 23.6 Å². The Balaban J connectivity index is 1.17. The minimum atomic E-state index is -0.629. The monoisotopic (exact) mass is 555 g/mol. The number of amides is 3. The summed E-state index contributed by atoms with van der Waals surface area (Å²) >= 11 is 0. The van der Waals surface area contributed by atoms with Crippen molar-refractivity contribution in [1.29, 1.82) is 0 Å². The number of esters is 1. The molecule has 10 nitrogen and oxygen atoms in total. The first-order chi connectivity index (χ1) is 19.9. The van der Waals surface area contributed by atoms with Crippen LogP contribution in [-0.4, -0.2) is 77.8 Å². The van der Waals surface area contributed by atoms with Gasteiger partial charge in [0.05, 0.1) is 0 Å². The molecule has 1 N–H and O–H groups in total. The maximum absolute atomic E-state index is 13.7. The van der Waals surface area contributed by atoms with Crippen molar-refractivity contribution in [1.82, 2.24) is 20.0 Å². The summed E-state index contributed by atoms with van der Waals surface area (Å²) in [5.74, 6) is 0.721. The van der Waals surface area contributed by atoms with Gasteiger partial charge >= 0.3 is 12.0 Å². The molecule has 0 aliphatic carbocycles. The van der Waals surface area contributed by atoms with E-state index in [1.807, 2.05) is 84.9 Å². The van der Waals surface area contributed by atoms with E-state index in [4.69, 9.17) is 9.47 Å². The standard InChI is InChI=1S/C31H33N5O5/c1-21-17-34(23-13-15-25(16-14-23)41-24-11-7-4-8-12-24)30-32-28-27(35(30)18-21)29(38)36(31(39)33(28)2)19-26(37)40-20-22-9-5-3-6-10-22/h3-16,21,27-28,30,32H,17-20H2,1-2H3. The summed E-state index contributed by atoms with van der Waals surface area (Å²) in [6.45, 7) is 3.23. The molecule has 3 aromatic carbocycles. The Morgan fingerprint density at radius 1 is 0.902 bits per heavy atom. The Bertz CT molecular complexity index is 1400. The van der Waals surface area contributed by atoms with Gasteiger partial charge in [-0.05, 0) is 47.9 Å². The Kier molecular flexibility index (Phi) is 7.34. The van der Waals surface area contributed by atoms with E-state index < -0.39 is 36.7 Å². The topological polar surface area (TPSA) is 94.7 Å². The van der Waals surface area contributed by atoms with Gasteiger partial charge < -0.3 is 19.3 Å². The Morgan fingerprint density at radius 2 is 1.56 bits per heavy atom. The highest BCUT2D eigenvalue weighted by atomic mass is 16.5. The average Bonchev–Trinajstić information content (AvgIpc) is 3.38. The number of nitrogens with zero attached hydrogens (tertiary/aromatic N) is 4. The van der Waals surface area contributed by atoms with Crippen LogP contribution in [0.2, 0.25) is 0 Å². The number of para-hydroxylation sites is 1. The van der Waals surface area contributed by atoms with Crippen molar-refractivity contribution in [2.75, 3.05) is 31.6 Å². The number of anilines is 1. The van der Waals surface area contributed by atoms with Crippen LogP contribution in [-0.2, 0) is 20.9 Å². The van der Waals surface area contributed by atoms with Gasteiger partial charge in [0.2, 0.25) is 0 Å². The number of imide groups is 1. The molecule has 4 unspecified atom stereocenters. The van der Waals surface area contributed by atoms with Crippen LogP contribution in [0.4, 0.5) is 10.5 Å². The summed E-state index contributed by atoms with van der Waals surface area (Å²) in [4.78, 5) is 46.5. The summed E-state index contributed by atoms with van der Waals surface area (Å²) in [5, 5.41) is 3.51. The van der Waals surface area contributed by atoms with Crippen molar-refractivity contribution < 1.29 is 23.9 Å². The first-order valence-corrected chi connectivity index (χ1v) is 13.8. The SMILES string of the molecule is CC1CN(c2ccc(Oc3ccccc3)cc2)C2NC3C(C(=O)N(CC(=O)OCc4ccccc4)C(=O)N3C)N2C1. The molecule has 0 saturated carbocycles. The number of rotatable bonds is 7. The van der Waals surface area contributed by atoms with Crippen LogP contribution in [0.1, 0.15) is 12.5 Å². The number of hydrogen-bond acceptors (Lipinski definition) is 8. The third-order valence-electron chi connectivity index (χ3n) is 7.76. The number of ether oxygens (including phenoxy) is 2. The highest BCUT2D eigenvalue weighted by molar-refractivity contribution is 6.02. The van der Waals surface area contributed by atoms with E-state index in [2.05, 4.69) is 22.0 Å². The highest BCUT2D eigenvalue weighted by Gasteiger charge is 2.57. The first-order valence-electron chi connectivity index (χ1n) is 13.8. The van der Waals surface area contributed by atoms with Crippen molar-refractivity contribution in [3.8, 4) is 11.5 Å². The maximum atomic E-state index is 13.7. The predicted molar refractivity (Wildman–Crippen MR) is 152 cm³/mol. The molecular weight excluding hydrogens is 522 g/mol. The predicted octanol–water partition coefficient (Wildman–Crippen LogP) is 3.46. The van der Waals surface area contributed by atoms with E-state index in [0.29, 0.717) is 6.54 Å². The molecule has 3 amide bonds. The third kappa shape index (κ3) is 5.36. The number of fused-ring (bicyclic) bond motifs is 3. The van der Waals surface area contributed by atoms with E-state index in [1.54, 1.807) is 7.05 Å². The second kappa shape index (κ2) is 11.2. The number of carbonyl (C=O) groups is 3. The molecule has 0 spiro atoms. The largest absolute Gasteiger partial charge is 0.459 e. The fraction of sp³-hybridized carbons (Fsp3) is 0.323. The first kappa shape index (κ1) is 26.8. The average molecular weight is 556 g/mol. The van der Waals surface area contributed by atoms with E-state index in [-0.39, 0.29) is 18.8 Å². The van der Waals surface area contributed by atoms with Crippen LogP contribution in [0.25, 0.3) is 0 Å². The molecule has 212 valence electrons. The molecule has 6 rings (SSSR count). The zero-order valence-corrected chi connectivity index (χ0v) is 23.1. The third-order valence-corrected chi connectivity index (χ3v) is 7.76. The summed E-state index contributed by atoms with van der Waals surface area (Å²) in [6.07, 6.45) is -0.823. The molecule has 41 heavy (non-hydrogen) atoms. The second-order valence-electron chi connectivity index (χ2n) is 10.8. The lowest BCUT2D eigenvalue weighted by Gasteiger charge is -2.45. The molecule has 3 aromatic rings. The van der Waals surface area contributed by atoms with Crippen LogP contribution in [0.3, 0.4) is 0 Å². The molecule has 0 bridgehead atoms. The minimum absolute atomic E-state index is 0.0786. The lowest BCUT2D eigenvalue weighted by molar-refractivity contribution is -0.152. The van der Waals surface area contributed by atoms with Gasteiger partial charge in [-0.2, -0.15) is 0 Å². The van der Waals surface area contributed by atoms with Crippen molar-refractivity contribution in [2.24, 2.45) is 5.92 Å². The van der Waals surface area contributed by atoms with E-state index in [9.17, 15) is 14.4 Å². The normalized spacial score (nSPS) is 24.2. The van der Waals surface area contributed by atoms with Crippen LogP contribution < -0.4 is 15.0 Å². The van der Waals surface area contributed by atoms with Gasteiger partial charge in [0.25, 0.3) is 5.91 Å². The van der Waals surface area contributed by atoms with Crippen molar-refractivity contribution in [3.05, 3.63) is 90.5 Å². The Morgan fingerprint density at radius 3 is 2.27 bits per heavy atom. The maximum Gasteiger partial charge on any atom is 0.328 e. The van der Waals surface area contributed by atoms with Gasteiger partial charge in [-0.1, -0.05) is 55.5 Å². The summed E-state index contributed by atoms with van der Waals surface area (Å²) in [5.41, 5.74) is 1.81. The van der Waals surface area contributed by atoms with Gasteiger partial charge in [0.15, 0.2) is 0 Å². The van der Waals surface area contributed by atoms with Gasteiger partial charge in [0, 0.05) is 25.8 Å². The zero-order chi connectivity index (χ0) is 28.5. The highest BCUT2D eigenvalue weighted by Crippen LogP contribution is 2.35. The summed E-state index contributed by atoms with van der Waals surface area (Å²) < 4.78 is 11.3.